The van der Waals surface area contributed by atoms with E-state index in [4.69, 9.17) is 4.74 Å². The van der Waals surface area contributed by atoms with Crippen molar-refractivity contribution < 1.29 is 4.74 Å². The van der Waals surface area contributed by atoms with E-state index in [0.29, 0.717) is 0 Å². The summed E-state index contributed by atoms with van der Waals surface area (Å²) in [5.41, 5.74) is 3.60. The lowest BCUT2D eigenvalue weighted by atomic mass is 10.2. The van der Waals surface area contributed by atoms with Crippen LogP contribution in [0.15, 0.2) is 48.5 Å². The first kappa shape index (κ1) is 15.2. The molecule has 0 bridgehead atoms. The molecule has 3 nitrogen and oxygen atoms in total. The van der Waals surface area contributed by atoms with Crippen molar-refractivity contribution in [3.63, 3.8) is 0 Å². The van der Waals surface area contributed by atoms with Gasteiger partial charge in [0.15, 0.2) is 0 Å². The maximum absolute atomic E-state index is 5.58. The first-order valence-corrected chi connectivity index (χ1v) is 7.42. The molecular weight excluding hydrogens is 260 g/mol. The molecular formula is C18H24N2O. The second-order valence-electron chi connectivity index (χ2n) is 5.29. The Bertz CT molecular complexity index is 532. The molecule has 0 unspecified atom stereocenters. The fourth-order valence-electron chi connectivity index (χ4n) is 2.00. The SMILES string of the molecule is CCCOc1ccc(NCc2ccc(N(C)C)cc2)cc1. The lowest BCUT2D eigenvalue weighted by Gasteiger charge is -2.13. The van der Waals surface area contributed by atoms with Crippen LogP contribution in [-0.2, 0) is 6.54 Å². The number of rotatable bonds is 7. The van der Waals surface area contributed by atoms with E-state index in [2.05, 4.69) is 67.6 Å². The zero-order chi connectivity index (χ0) is 15.1. The molecule has 0 aromatic heterocycles. The second kappa shape index (κ2) is 7.58. The molecule has 2 aromatic carbocycles. The topological polar surface area (TPSA) is 24.5 Å². The molecule has 0 atom stereocenters. The third kappa shape index (κ3) is 4.71. The quantitative estimate of drug-likeness (QED) is 0.826. The van der Waals surface area contributed by atoms with Crippen molar-refractivity contribution >= 4 is 11.4 Å². The van der Waals surface area contributed by atoms with Crippen molar-refractivity contribution in [3.05, 3.63) is 54.1 Å². The van der Waals surface area contributed by atoms with E-state index in [9.17, 15) is 0 Å². The fourth-order valence-corrected chi connectivity index (χ4v) is 2.00. The molecule has 0 heterocycles. The molecule has 2 rings (SSSR count). The smallest absolute Gasteiger partial charge is 0.119 e. The Labute approximate surface area is 127 Å². The summed E-state index contributed by atoms with van der Waals surface area (Å²) in [7, 11) is 4.10. The lowest BCUT2D eigenvalue weighted by molar-refractivity contribution is 0.317. The van der Waals surface area contributed by atoms with Crippen molar-refractivity contribution in [3.8, 4) is 5.75 Å². The summed E-state index contributed by atoms with van der Waals surface area (Å²) >= 11 is 0. The van der Waals surface area contributed by atoms with Crippen LogP contribution in [0.4, 0.5) is 11.4 Å². The molecule has 0 saturated heterocycles. The third-order valence-corrected chi connectivity index (χ3v) is 3.28. The third-order valence-electron chi connectivity index (χ3n) is 3.28. The Kier molecular flexibility index (Phi) is 5.50. The summed E-state index contributed by atoms with van der Waals surface area (Å²) in [6, 6.07) is 16.7. The Balaban J connectivity index is 1.87. The van der Waals surface area contributed by atoms with Gasteiger partial charge in [-0.15, -0.1) is 0 Å². The van der Waals surface area contributed by atoms with Crippen LogP contribution in [0.5, 0.6) is 5.75 Å². The molecule has 0 spiro atoms. The predicted octanol–water partition coefficient (Wildman–Crippen LogP) is 4.15. The van der Waals surface area contributed by atoms with Gasteiger partial charge in [-0.05, 0) is 48.4 Å². The van der Waals surface area contributed by atoms with Gasteiger partial charge in [0, 0.05) is 32.0 Å². The van der Waals surface area contributed by atoms with Crippen LogP contribution in [0.25, 0.3) is 0 Å². The zero-order valence-corrected chi connectivity index (χ0v) is 13.1. The number of anilines is 2. The standard InChI is InChI=1S/C18H24N2O/c1-4-13-21-18-11-7-16(8-12-18)19-14-15-5-9-17(10-6-15)20(2)3/h5-12,19H,4,13-14H2,1-3H3. The van der Waals surface area contributed by atoms with Crippen molar-refractivity contribution in [1.29, 1.82) is 0 Å². The van der Waals surface area contributed by atoms with Gasteiger partial charge in [-0.3, -0.25) is 0 Å². The Hall–Kier alpha value is -2.16. The van der Waals surface area contributed by atoms with Crippen molar-refractivity contribution in [2.75, 3.05) is 30.9 Å². The molecule has 0 saturated carbocycles. The van der Waals surface area contributed by atoms with Crippen molar-refractivity contribution in [1.82, 2.24) is 0 Å². The molecule has 0 amide bonds. The highest BCUT2D eigenvalue weighted by Gasteiger charge is 1.98. The number of nitrogens with zero attached hydrogens (tertiary/aromatic N) is 1. The maximum atomic E-state index is 5.58. The van der Waals surface area contributed by atoms with Gasteiger partial charge in [-0.2, -0.15) is 0 Å². The van der Waals surface area contributed by atoms with E-state index in [-0.39, 0.29) is 0 Å². The minimum atomic E-state index is 0.769. The normalized spacial score (nSPS) is 10.2. The average molecular weight is 284 g/mol. The molecule has 0 radical (unpaired) electrons. The fraction of sp³-hybridized carbons (Fsp3) is 0.333. The first-order valence-electron chi connectivity index (χ1n) is 7.42. The van der Waals surface area contributed by atoms with Crippen LogP contribution in [0, 0.1) is 0 Å². The number of benzene rings is 2. The molecule has 0 fully saturated rings. The number of ether oxygens (including phenoxy) is 1. The largest absolute Gasteiger partial charge is 0.494 e. The Morgan fingerprint density at radius 1 is 0.952 bits per heavy atom. The van der Waals surface area contributed by atoms with Crippen LogP contribution in [0.1, 0.15) is 18.9 Å². The predicted molar refractivity (Wildman–Crippen MR) is 90.3 cm³/mol. The minimum absolute atomic E-state index is 0.769. The molecule has 3 heteroatoms. The number of hydrogen-bond acceptors (Lipinski definition) is 3. The van der Waals surface area contributed by atoms with Crippen LogP contribution < -0.4 is 15.0 Å². The van der Waals surface area contributed by atoms with Gasteiger partial charge in [0.2, 0.25) is 0 Å². The Morgan fingerprint density at radius 3 is 2.19 bits per heavy atom. The molecule has 0 aliphatic carbocycles. The monoisotopic (exact) mass is 284 g/mol. The van der Waals surface area contributed by atoms with Crippen LogP contribution in [0.2, 0.25) is 0 Å². The van der Waals surface area contributed by atoms with Gasteiger partial charge >= 0.3 is 0 Å². The molecule has 0 aliphatic rings. The molecule has 0 aliphatic heterocycles. The summed E-state index contributed by atoms with van der Waals surface area (Å²) in [5, 5.41) is 3.42. The van der Waals surface area contributed by atoms with E-state index in [1.165, 1.54) is 11.3 Å². The average Bonchev–Trinajstić information content (AvgIpc) is 2.52. The molecule has 1 N–H and O–H groups in total. The van der Waals surface area contributed by atoms with Gasteiger partial charge < -0.3 is 15.0 Å². The second-order valence-corrected chi connectivity index (χ2v) is 5.29. The lowest BCUT2D eigenvalue weighted by Crippen LogP contribution is -2.08. The van der Waals surface area contributed by atoms with Crippen LogP contribution >= 0.6 is 0 Å². The summed E-state index contributed by atoms with van der Waals surface area (Å²) < 4.78 is 5.58. The van der Waals surface area contributed by atoms with Gasteiger partial charge in [-0.1, -0.05) is 19.1 Å². The van der Waals surface area contributed by atoms with E-state index in [0.717, 1.165) is 31.0 Å². The van der Waals surface area contributed by atoms with Gasteiger partial charge in [-0.25, -0.2) is 0 Å². The minimum Gasteiger partial charge on any atom is -0.494 e. The highest BCUT2D eigenvalue weighted by Crippen LogP contribution is 2.17. The highest BCUT2D eigenvalue weighted by atomic mass is 16.5. The van der Waals surface area contributed by atoms with Crippen molar-refractivity contribution in [2.24, 2.45) is 0 Å². The number of nitrogens with one attached hydrogen (secondary N) is 1. The highest BCUT2D eigenvalue weighted by molar-refractivity contribution is 5.49. The van der Waals surface area contributed by atoms with Crippen LogP contribution in [0.3, 0.4) is 0 Å². The summed E-state index contributed by atoms with van der Waals surface area (Å²) in [4.78, 5) is 2.10. The first-order chi connectivity index (χ1) is 10.2. The van der Waals surface area contributed by atoms with E-state index < -0.39 is 0 Å². The number of hydrogen-bond donors (Lipinski definition) is 1. The summed E-state index contributed by atoms with van der Waals surface area (Å²) in [6.45, 7) is 3.70. The summed E-state index contributed by atoms with van der Waals surface area (Å²) in [6.07, 6.45) is 1.03. The van der Waals surface area contributed by atoms with Crippen molar-refractivity contribution in [2.45, 2.75) is 19.9 Å². The van der Waals surface area contributed by atoms with Gasteiger partial charge in [0.1, 0.15) is 5.75 Å². The van der Waals surface area contributed by atoms with E-state index >= 15 is 0 Å². The molecule has 2 aromatic rings. The molecule has 112 valence electrons. The Morgan fingerprint density at radius 2 is 1.62 bits per heavy atom. The van der Waals surface area contributed by atoms with Gasteiger partial charge in [0.25, 0.3) is 0 Å². The zero-order valence-electron chi connectivity index (χ0n) is 13.1. The van der Waals surface area contributed by atoms with Gasteiger partial charge in [0.05, 0.1) is 6.61 Å². The molecule has 21 heavy (non-hydrogen) atoms. The maximum Gasteiger partial charge on any atom is 0.119 e. The van der Waals surface area contributed by atoms with Crippen LogP contribution in [-0.4, -0.2) is 20.7 Å². The van der Waals surface area contributed by atoms with E-state index in [1.807, 2.05) is 12.1 Å². The van der Waals surface area contributed by atoms with E-state index in [1.54, 1.807) is 0 Å². The summed E-state index contributed by atoms with van der Waals surface area (Å²) in [5.74, 6) is 0.928.